The van der Waals surface area contributed by atoms with Crippen LogP contribution in [0.5, 0.6) is 0 Å². The van der Waals surface area contributed by atoms with Crippen LogP contribution in [0.1, 0.15) is 350 Å². The van der Waals surface area contributed by atoms with E-state index in [4.69, 9.17) is 37.0 Å². The molecule has 3 N–H and O–H groups in total. The number of carbonyl (C=O) groups is 4. The first-order chi connectivity index (χ1) is 44.7. The molecule has 0 fully saturated rings. The van der Waals surface area contributed by atoms with Gasteiger partial charge in [-0.2, -0.15) is 0 Å². The summed E-state index contributed by atoms with van der Waals surface area (Å²) >= 11 is 0. The topological polar surface area (TPSA) is 237 Å². The molecule has 3 unspecified atom stereocenters. The van der Waals surface area contributed by atoms with Gasteiger partial charge in [0.05, 0.1) is 26.4 Å². The van der Waals surface area contributed by atoms with E-state index in [1.54, 1.807) is 0 Å². The lowest BCUT2D eigenvalue weighted by Crippen LogP contribution is -2.30. The van der Waals surface area contributed by atoms with E-state index in [1.165, 1.54) is 141 Å². The fourth-order valence-electron chi connectivity index (χ4n) is 10.7. The van der Waals surface area contributed by atoms with E-state index >= 15 is 0 Å². The summed E-state index contributed by atoms with van der Waals surface area (Å²) in [6.45, 7) is 11.7. The van der Waals surface area contributed by atoms with E-state index in [9.17, 15) is 43.2 Å². The Labute approximate surface area is 567 Å². The van der Waals surface area contributed by atoms with Crippen molar-refractivity contribution in [3.63, 3.8) is 0 Å². The van der Waals surface area contributed by atoms with E-state index in [0.29, 0.717) is 37.5 Å². The number of carbonyl (C=O) groups excluding carboxylic acids is 4. The van der Waals surface area contributed by atoms with Crippen LogP contribution in [0.2, 0.25) is 0 Å². The molecule has 0 aromatic carbocycles. The fourth-order valence-corrected chi connectivity index (χ4v) is 12.3. The van der Waals surface area contributed by atoms with Gasteiger partial charge in [-0.25, -0.2) is 9.13 Å². The number of hydrogen-bond acceptors (Lipinski definition) is 15. The predicted octanol–water partition coefficient (Wildman–Crippen LogP) is 21.0. The van der Waals surface area contributed by atoms with Gasteiger partial charge in [0.2, 0.25) is 0 Å². The SMILES string of the molecule is CCCCCC/C=C\C=C/CCCCCCCC(=O)O[C@H](COC(=O)CCCCCCCCCC(C)C)COP(=O)(O)OCC(O)COP(=O)(O)OC[C@@H](COC(=O)CCCCCCCCCCCCCCCCC(C)C)OC(=O)CCCCCCCCCCC(C)C. The molecule has 0 spiro atoms. The number of aliphatic hydroxyl groups is 1. The van der Waals surface area contributed by atoms with Gasteiger partial charge in [-0.3, -0.25) is 37.3 Å². The Bertz CT molecular complexity index is 1910. The second-order valence-electron chi connectivity index (χ2n) is 27.4. The summed E-state index contributed by atoms with van der Waals surface area (Å²) < 4.78 is 68.4. The van der Waals surface area contributed by atoms with E-state index < -0.39 is 97.5 Å². The molecule has 0 aliphatic heterocycles. The van der Waals surface area contributed by atoms with Crippen molar-refractivity contribution in [1.29, 1.82) is 0 Å². The minimum absolute atomic E-state index is 0.0838. The molecule has 0 heterocycles. The number of hydrogen-bond donors (Lipinski definition) is 3. The molecule has 0 saturated heterocycles. The number of aliphatic hydroxyl groups excluding tert-OH is 1. The molecule has 548 valence electrons. The van der Waals surface area contributed by atoms with Gasteiger partial charge in [-0.15, -0.1) is 0 Å². The van der Waals surface area contributed by atoms with Crippen LogP contribution in [0.4, 0.5) is 0 Å². The van der Waals surface area contributed by atoms with Crippen LogP contribution < -0.4 is 0 Å². The van der Waals surface area contributed by atoms with Crippen molar-refractivity contribution in [2.75, 3.05) is 39.6 Å². The normalized spacial score (nSPS) is 14.3. The largest absolute Gasteiger partial charge is 0.472 e. The Morgan fingerprint density at radius 1 is 0.333 bits per heavy atom. The minimum atomic E-state index is -4.96. The van der Waals surface area contributed by atoms with Gasteiger partial charge < -0.3 is 33.8 Å². The van der Waals surface area contributed by atoms with E-state index in [1.807, 2.05) is 0 Å². The van der Waals surface area contributed by atoms with E-state index in [-0.39, 0.29) is 25.7 Å². The van der Waals surface area contributed by atoms with Crippen molar-refractivity contribution < 1.29 is 80.2 Å². The van der Waals surface area contributed by atoms with E-state index in [0.717, 1.165) is 115 Å². The smallest absolute Gasteiger partial charge is 0.462 e. The molecule has 0 radical (unpaired) electrons. The molecule has 93 heavy (non-hydrogen) atoms. The van der Waals surface area contributed by atoms with Crippen LogP contribution >= 0.6 is 15.6 Å². The van der Waals surface area contributed by atoms with Crippen LogP contribution in [0.15, 0.2) is 24.3 Å². The Balaban J connectivity index is 5.25. The summed E-state index contributed by atoms with van der Waals surface area (Å²) in [5.41, 5.74) is 0. The number of rotatable bonds is 70. The molecule has 0 amide bonds. The molecule has 0 rings (SSSR count). The monoisotopic (exact) mass is 1360 g/mol. The van der Waals surface area contributed by atoms with Crippen LogP contribution in [0, 0.1) is 17.8 Å². The third kappa shape index (κ3) is 67.9. The van der Waals surface area contributed by atoms with E-state index in [2.05, 4.69) is 72.8 Å². The molecule has 0 saturated carbocycles. The Morgan fingerprint density at radius 3 is 0.871 bits per heavy atom. The summed E-state index contributed by atoms with van der Waals surface area (Å²) in [7, 11) is -9.92. The molecular formula is C74H140O17P2. The molecule has 19 heteroatoms. The maximum Gasteiger partial charge on any atom is 0.472 e. The second kappa shape index (κ2) is 64.2. The van der Waals surface area contributed by atoms with Crippen LogP contribution in [0.25, 0.3) is 0 Å². The van der Waals surface area contributed by atoms with Crippen LogP contribution in [0.3, 0.4) is 0 Å². The number of phosphoric acid groups is 2. The van der Waals surface area contributed by atoms with Crippen LogP contribution in [-0.2, 0) is 65.4 Å². The van der Waals surface area contributed by atoms with Gasteiger partial charge in [0.15, 0.2) is 12.2 Å². The van der Waals surface area contributed by atoms with Gasteiger partial charge in [0.1, 0.15) is 19.3 Å². The Morgan fingerprint density at radius 2 is 0.581 bits per heavy atom. The standard InChI is InChI=1S/C74H140O17P2/c1-8-9-10-11-12-13-14-15-16-21-24-27-35-43-50-57-73(78)90-70(62-85-72(77)56-49-42-37-30-33-40-47-54-67(6)7)64-89-93(82,83)87-60-68(75)59-86-92(80,81)88-63-69(91-74(79)58-51-44-36-29-28-32-39-46-53-66(4)5)61-84-71(76)55-48-41-34-26-23-20-18-17-19-22-25-31-38-45-52-65(2)3/h13-16,65-70,75H,8-12,17-64H2,1-7H3,(H,80,81)(H,82,83)/b14-13-,16-15-/t68?,69-,70-/m1/s1. The highest BCUT2D eigenvalue weighted by molar-refractivity contribution is 7.47. The number of esters is 4. The third-order valence-electron chi connectivity index (χ3n) is 16.5. The lowest BCUT2D eigenvalue weighted by atomic mass is 10.0. The molecule has 0 bridgehead atoms. The Hall–Kier alpha value is -2.46. The summed E-state index contributed by atoms with van der Waals surface area (Å²) in [6, 6.07) is 0. The summed E-state index contributed by atoms with van der Waals surface area (Å²) in [6.07, 6.45) is 52.3. The maximum absolute atomic E-state index is 13.0. The quantitative estimate of drug-likeness (QED) is 0.0169. The predicted molar refractivity (Wildman–Crippen MR) is 377 cm³/mol. The Kier molecular flexibility index (Phi) is 62.5. The number of unbranched alkanes of at least 4 members (excludes halogenated alkanes) is 35. The summed E-state index contributed by atoms with van der Waals surface area (Å²) in [5.74, 6) is 0.0621. The molecule has 0 aromatic heterocycles. The molecular weight excluding hydrogens is 1220 g/mol. The zero-order valence-electron chi connectivity index (χ0n) is 60.2. The van der Waals surface area contributed by atoms with Crippen molar-refractivity contribution in [2.45, 2.75) is 369 Å². The first-order valence-electron chi connectivity index (χ1n) is 37.7. The number of phosphoric ester groups is 2. The van der Waals surface area contributed by atoms with Crippen molar-refractivity contribution in [3.8, 4) is 0 Å². The summed E-state index contributed by atoms with van der Waals surface area (Å²) in [5, 5.41) is 10.6. The summed E-state index contributed by atoms with van der Waals surface area (Å²) in [4.78, 5) is 72.7. The molecule has 0 aliphatic carbocycles. The molecule has 0 aromatic rings. The zero-order chi connectivity index (χ0) is 68.7. The van der Waals surface area contributed by atoms with Crippen molar-refractivity contribution in [3.05, 3.63) is 24.3 Å². The average molecular weight is 1360 g/mol. The van der Waals surface area contributed by atoms with Gasteiger partial charge in [0.25, 0.3) is 0 Å². The lowest BCUT2D eigenvalue weighted by Gasteiger charge is -2.21. The van der Waals surface area contributed by atoms with Crippen molar-refractivity contribution >= 4 is 39.5 Å². The van der Waals surface area contributed by atoms with Crippen molar-refractivity contribution in [2.24, 2.45) is 17.8 Å². The highest BCUT2D eigenvalue weighted by atomic mass is 31.2. The first-order valence-corrected chi connectivity index (χ1v) is 40.7. The number of ether oxygens (including phenoxy) is 4. The molecule has 0 aliphatic rings. The average Bonchev–Trinajstić information content (AvgIpc) is 1.69. The highest BCUT2D eigenvalue weighted by Gasteiger charge is 2.30. The highest BCUT2D eigenvalue weighted by Crippen LogP contribution is 2.45. The van der Waals surface area contributed by atoms with Gasteiger partial charge >= 0.3 is 39.5 Å². The van der Waals surface area contributed by atoms with Gasteiger partial charge in [-0.05, 0) is 69.1 Å². The second-order valence-corrected chi connectivity index (χ2v) is 30.3. The van der Waals surface area contributed by atoms with Crippen molar-refractivity contribution in [1.82, 2.24) is 0 Å². The minimum Gasteiger partial charge on any atom is -0.462 e. The van der Waals surface area contributed by atoms with Gasteiger partial charge in [0, 0.05) is 25.7 Å². The van der Waals surface area contributed by atoms with Crippen LogP contribution in [-0.4, -0.2) is 96.7 Å². The first kappa shape index (κ1) is 90.5. The molecule has 5 atom stereocenters. The maximum atomic E-state index is 13.0. The lowest BCUT2D eigenvalue weighted by molar-refractivity contribution is -0.161. The van der Waals surface area contributed by atoms with Gasteiger partial charge in [-0.1, -0.05) is 297 Å². The third-order valence-corrected chi connectivity index (χ3v) is 18.4. The number of allylic oxidation sites excluding steroid dienone is 4. The zero-order valence-corrected chi connectivity index (χ0v) is 62.0. The fraction of sp³-hybridized carbons (Fsp3) is 0.892. The molecule has 17 nitrogen and oxygen atoms in total.